The monoisotopic (exact) mass is 370 g/mol. The summed E-state index contributed by atoms with van der Waals surface area (Å²) < 4.78 is 0. The van der Waals surface area contributed by atoms with Crippen molar-refractivity contribution in [3.63, 3.8) is 0 Å². The molecule has 6 nitrogen and oxygen atoms in total. The maximum absolute atomic E-state index is 13.6. The lowest BCUT2D eigenvalue weighted by atomic mass is 9.79. The molecule has 1 spiro atoms. The van der Waals surface area contributed by atoms with E-state index in [-0.39, 0.29) is 18.3 Å². The van der Waals surface area contributed by atoms with Gasteiger partial charge in [0.2, 0.25) is 0 Å². The molecule has 0 aromatic heterocycles. The van der Waals surface area contributed by atoms with Crippen molar-refractivity contribution < 1.29 is 19.3 Å². The van der Waals surface area contributed by atoms with Crippen molar-refractivity contribution in [2.45, 2.75) is 45.1 Å². The third kappa shape index (κ3) is 3.16. The van der Waals surface area contributed by atoms with Gasteiger partial charge in [-0.1, -0.05) is 23.6 Å². The van der Waals surface area contributed by atoms with Gasteiger partial charge in [0.05, 0.1) is 7.11 Å². The number of aryl methyl sites for hydroxylation is 3. The molecule has 2 fully saturated rings. The Bertz CT molecular complexity index is 780. The number of terminal acetylenes is 1. The maximum atomic E-state index is 13.6. The Morgan fingerprint density at radius 1 is 1.19 bits per heavy atom. The summed E-state index contributed by atoms with van der Waals surface area (Å²) in [6.45, 7) is 6.94. The van der Waals surface area contributed by atoms with Crippen LogP contribution in [0, 0.1) is 33.1 Å². The molecule has 2 aliphatic heterocycles. The summed E-state index contributed by atoms with van der Waals surface area (Å²) >= 11 is 0. The first-order valence-electron chi connectivity index (χ1n) is 9.17. The largest absolute Gasteiger partial charge is 0.302 e. The standard InChI is InChI=1S/C21H26N2O4/c1-6-11-27-23-20(25)18(17-15(3)12-14(2)13-16(17)4)19(24)21(23)7-9-22(26-5)10-8-21/h1,12-13,18H,7-11H2,2-5H3. The third-order valence-electron chi connectivity index (χ3n) is 5.67. The lowest BCUT2D eigenvalue weighted by Gasteiger charge is -2.41. The third-order valence-corrected chi connectivity index (χ3v) is 5.67. The topological polar surface area (TPSA) is 59.1 Å². The number of carbonyl (C=O) groups excluding carboxylic acids is 2. The predicted molar refractivity (Wildman–Crippen MR) is 101 cm³/mol. The van der Waals surface area contributed by atoms with E-state index in [4.69, 9.17) is 16.1 Å². The SMILES string of the molecule is C#CCON1C(=O)C(c2c(C)cc(C)cc2C)C(=O)C12CCN(OC)CC2. The minimum Gasteiger partial charge on any atom is -0.302 e. The fourth-order valence-electron chi connectivity index (χ4n) is 4.49. The van der Waals surface area contributed by atoms with Gasteiger partial charge in [-0.05, 0) is 50.3 Å². The molecule has 0 radical (unpaired) electrons. The molecule has 6 heteroatoms. The van der Waals surface area contributed by atoms with E-state index >= 15 is 0 Å². The molecule has 0 bridgehead atoms. The number of ketones is 1. The van der Waals surface area contributed by atoms with Gasteiger partial charge in [-0.3, -0.25) is 14.4 Å². The molecular formula is C21H26N2O4. The van der Waals surface area contributed by atoms with Crippen LogP contribution < -0.4 is 0 Å². The van der Waals surface area contributed by atoms with E-state index in [0.29, 0.717) is 25.9 Å². The van der Waals surface area contributed by atoms with Crippen LogP contribution in [0.25, 0.3) is 0 Å². The molecule has 0 N–H and O–H groups in total. The lowest BCUT2D eigenvalue weighted by molar-refractivity contribution is -0.225. The van der Waals surface area contributed by atoms with Gasteiger partial charge in [-0.25, -0.2) is 5.06 Å². The van der Waals surface area contributed by atoms with E-state index < -0.39 is 11.5 Å². The van der Waals surface area contributed by atoms with Gasteiger partial charge in [-0.15, -0.1) is 6.42 Å². The van der Waals surface area contributed by atoms with Crippen LogP contribution >= 0.6 is 0 Å². The number of rotatable bonds is 4. The molecule has 1 unspecified atom stereocenters. The number of carbonyl (C=O) groups is 2. The molecule has 144 valence electrons. The Morgan fingerprint density at radius 2 is 1.78 bits per heavy atom. The predicted octanol–water partition coefficient (Wildman–Crippen LogP) is 2.07. The van der Waals surface area contributed by atoms with Crippen molar-refractivity contribution in [1.29, 1.82) is 0 Å². The molecule has 0 aliphatic carbocycles. The summed E-state index contributed by atoms with van der Waals surface area (Å²) in [5.74, 6) is 1.12. The molecule has 1 amide bonds. The highest BCUT2D eigenvalue weighted by atomic mass is 16.7. The quantitative estimate of drug-likeness (QED) is 0.600. The number of benzene rings is 1. The van der Waals surface area contributed by atoms with Crippen molar-refractivity contribution in [2.24, 2.45) is 0 Å². The van der Waals surface area contributed by atoms with E-state index in [1.807, 2.05) is 32.9 Å². The van der Waals surface area contributed by atoms with Gasteiger partial charge in [-0.2, -0.15) is 5.06 Å². The molecule has 1 aromatic rings. The fourth-order valence-corrected chi connectivity index (χ4v) is 4.49. The van der Waals surface area contributed by atoms with Gasteiger partial charge in [0.1, 0.15) is 18.1 Å². The first-order valence-corrected chi connectivity index (χ1v) is 9.17. The molecule has 0 saturated carbocycles. The Kier molecular flexibility index (Phi) is 5.38. The first-order chi connectivity index (χ1) is 12.9. The van der Waals surface area contributed by atoms with Crippen LogP contribution in [0.3, 0.4) is 0 Å². The van der Waals surface area contributed by atoms with E-state index in [1.54, 1.807) is 12.2 Å². The van der Waals surface area contributed by atoms with Gasteiger partial charge in [0, 0.05) is 13.1 Å². The van der Waals surface area contributed by atoms with Crippen LogP contribution in [0.1, 0.15) is 41.0 Å². The van der Waals surface area contributed by atoms with Crippen molar-refractivity contribution >= 4 is 11.7 Å². The van der Waals surface area contributed by atoms with Crippen LogP contribution in [0.15, 0.2) is 12.1 Å². The number of hydrogen-bond acceptors (Lipinski definition) is 5. The smallest absolute Gasteiger partial charge is 0.262 e. The van der Waals surface area contributed by atoms with Gasteiger partial charge < -0.3 is 4.84 Å². The number of nitrogens with zero attached hydrogens (tertiary/aromatic N) is 2. The Morgan fingerprint density at radius 3 is 2.30 bits per heavy atom. The molecule has 2 aliphatic rings. The minimum absolute atomic E-state index is 0.0483. The average molecular weight is 370 g/mol. The molecule has 2 saturated heterocycles. The molecule has 3 rings (SSSR count). The van der Waals surface area contributed by atoms with E-state index in [1.165, 1.54) is 5.06 Å². The van der Waals surface area contributed by atoms with E-state index in [9.17, 15) is 9.59 Å². The molecule has 27 heavy (non-hydrogen) atoms. The van der Waals surface area contributed by atoms with Crippen LogP contribution in [0.4, 0.5) is 0 Å². The Balaban J connectivity index is 2.04. The fraction of sp³-hybridized carbons (Fsp3) is 0.524. The zero-order valence-corrected chi connectivity index (χ0v) is 16.4. The minimum atomic E-state index is -0.989. The maximum Gasteiger partial charge on any atom is 0.262 e. The molecule has 1 atom stereocenters. The van der Waals surface area contributed by atoms with Crippen LogP contribution in [0.5, 0.6) is 0 Å². The zero-order chi connectivity index (χ0) is 19.8. The molecule has 2 heterocycles. The zero-order valence-electron chi connectivity index (χ0n) is 16.4. The van der Waals surface area contributed by atoms with Crippen molar-refractivity contribution in [3.05, 3.63) is 34.4 Å². The number of amides is 1. The highest BCUT2D eigenvalue weighted by molar-refractivity contribution is 6.17. The normalized spacial score (nSPS) is 22.5. The van der Waals surface area contributed by atoms with Crippen molar-refractivity contribution in [3.8, 4) is 12.3 Å². The number of piperidine rings is 1. The number of Topliss-reactive ketones (excluding diaryl/α,β-unsaturated/α-hetero) is 1. The Hall–Kier alpha value is -2.20. The lowest BCUT2D eigenvalue weighted by Crippen LogP contribution is -2.56. The van der Waals surface area contributed by atoms with Crippen LogP contribution in [0.2, 0.25) is 0 Å². The second-order valence-electron chi connectivity index (χ2n) is 7.36. The molecular weight excluding hydrogens is 344 g/mol. The summed E-state index contributed by atoms with van der Waals surface area (Å²) in [5.41, 5.74) is 2.80. The highest BCUT2D eigenvalue weighted by Gasteiger charge is 2.61. The van der Waals surface area contributed by atoms with Crippen LogP contribution in [-0.2, 0) is 19.3 Å². The highest BCUT2D eigenvalue weighted by Crippen LogP contribution is 2.44. The van der Waals surface area contributed by atoms with Crippen molar-refractivity contribution in [1.82, 2.24) is 10.1 Å². The van der Waals surface area contributed by atoms with Crippen molar-refractivity contribution in [2.75, 3.05) is 26.8 Å². The van der Waals surface area contributed by atoms with Gasteiger partial charge in [0.15, 0.2) is 5.78 Å². The van der Waals surface area contributed by atoms with E-state index in [2.05, 4.69) is 5.92 Å². The average Bonchev–Trinajstić information content (AvgIpc) is 2.82. The second-order valence-corrected chi connectivity index (χ2v) is 7.36. The summed E-state index contributed by atoms with van der Waals surface area (Å²) in [4.78, 5) is 37.8. The summed E-state index contributed by atoms with van der Waals surface area (Å²) in [5, 5.41) is 3.06. The number of hydrogen-bond donors (Lipinski definition) is 0. The first kappa shape index (κ1) is 19.6. The Labute approximate surface area is 160 Å². The molecule has 1 aromatic carbocycles. The second kappa shape index (κ2) is 7.43. The van der Waals surface area contributed by atoms with Gasteiger partial charge >= 0.3 is 0 Å². The number of hydroxylamine groups is 4. The summed E-state index contributed by atoms with van der Waals surface area (Å²) in [7, 11) is 1.61. The van der Waals surface area contributed by atoms with Gasteiger partial charge in [0.25, 0.3) is 5.91 Å². The van der Waals surface area contributed by atoms with E-state index in [0.717, 1.165) is 22.3 Å². The summed E-state index contributed by atoms with van der Waals surface area (Å²) in [6, 6.07) is 4.02. The van der Waals surface area contributed by atoms with Crippen LogP contribution in [-0.4, -0.2) is 54.2 Å². The summed E-state index contributed by atoms with van der Waals surface area (Å²) in [6.07, 6.45) is 6.24.